The van der Waals surface area contributed by atoms with Crippen molar-refractivity contribution in [2.24, 2.45) is 0 Å². The minimum atomic E-state index is -0.230. The number of ether oxygens (including phenoxy) is 1. The van der Waals surface area contributed by atoms with Gasteiger partial charge in [-0.3, -0.25) is 0 Å². The van der Waals surface area contributed by atoms with Crippen LogP contribution in [0.25, 0.3) is 0 Å². The SMILES string of the molecule is CC1(C)CC(NCc2cc(Br)ccc2F)C(C)(C)O1. The van der Waals surface area contributed by atoms with E-state index < -0.39 is 0 Å². The third kappa shape index (κ3) is 3.56. The van der Waals surface area contributed by atoms with Crippen molar-refractivity contribution in [2.45, 2.75) is 57.9 Å². The van der Waals surface area contributed by atoms with Crippen LogP contribution < -0.4 is 5.32 Å². The molecule has 19 heavy (non-hydrogen) atoms. The van der Waals surface area contributed by atoms with E-state index in [9.17, 15) is 4.39 Å². The summed E-state index contributed by atoms with van der Waals surface area (Å²) in [5.74, 6) is -0.174. The lowest BCUT2D eigenvalue weighted by Crippen LogP contribution is -2.43. The van der Waals surface area contributed by atoms with Gasteiger partial charge in [-0.05, 0) is 52.3 Å². The van der Waals surface area contributed by atoms with Gasteiger partial charge in [-0.1, -0.05) is 15.9 Å². The zero-order valence-electron chi connectivity index (χ0n) is 11.9. The smallest absolute Gasteiger partial charge is 0.127 e. The molecule has 0 amide bonds. The van der Waals surface area contributed by atoms with E-state index in [-0.39, 0.29) is 23.1 Å². The van der Waals surface area contributed by atoms with E-state index in [0.717, 1.165) is 10.9 Å². The lowest BCUT2D eigenvalue weighted by atomic mass is 9.94. The van der Waals surface area contributed by atoms with Crippen LogP contribution in [0.4, 0.5) is 4.39 Å². The Kier molecular flexibility index (Phi) is 4.05. The van der Waals surface area contributed by atoms with Gasteiger partial charge in [-0.2, -0.15) is 0 Å². The molecule has 0 aliphatic carbocycles. The summed E-state index contributed by atoms with van der Waals surface area (Å²) >= 11 is 3.37. The molecular weight excluding hydrogens is 309 g/mol. The van der Waals surface area contributed by atoms with Crippen molar-refractivity contribution in [2.75, 3.05) is 0 Å². The van der Waals surface area contributed by atoms with Crippen LogP contribution in [0.1, 0.15) is 39.7 Å². The van der Waals surface area contributed by atoms with Crippen LogP contribution in [-0.2, 0) is 11.3 Å². The van der Waals surface area contributed by atoms with E-state index in [1.807, 2.05) is 6.07 Å². The zero-order chi connectivity index (χ0) is 14.3. The zero-order valence-corrected chi connectivity index (χ0v) is 13.5. The van der Waals surface area contributed by atoms with Crippen LogP contribution in [-0.4, -0.2) is 17.2 Å². The van der Waals surface area contributed by atoms with Crippen LogP contribution in [0.5, 0.6) is 0 Å². The highest BCUT2D eigenvalue weighted by Crippen LogP contribution is 2.37. The molecule has 1 aliphatic heterocycles. The van der Waals surface area contributed by atoms with Gasteiger partial charge >= 0.3 is 0 Å². The molecule has 1 fully saturated rings. The Bertz CT molecular complexity index is 473. The molecule has 4 heteroatoms. The molecule has 0 saturated carbocycles. The van der Waals surface area contributed by atoms with Crippen molar-refractivity contribution in [3.05, 3.63) is 34.1 Å². The molecule has 1 heterocycles. The summed E-state index contributed by atoms with van der Waals surface area (Å²) in [6.07, 6.45) is 0.926. The summed E-state index contributed by atoms with van der Waals surface area (Å²) in [5, 5.41) is 3.43. The first-order chi connectivity index (χ1) is 8.70. The highest BCUT2D eigenvalue weighted by Gasteiger charge is 2.45. The first-order valence-corrected chi connectivity index (χ1v) is 7.36. The predicted molar refractivity (Wildman–Crippen MR) is 78.6 cm³/mol. The minimum Gasteiger partial charge on any atom is -0.368 e. The maximum absolute atomic E-state index is 13.7. The molecule has 1 aliphatic rings. The highest BCUT2D eigenvalue weighted by molar-refractivity contribution is 9.10. The van der Waals surface area contributed by atoms with Gasteiger partial charge in [0.1, 0.15) is 5.82 Å². The molecule has 1 saturated heterocycles. The van der Waals surface area contributed by atoms with E-state index in [1.54, 1.807) is 6.07 Å². The van der Waals surface area contributed by atoms with Crippen molar-refractivity contribution >= 4 is 15.9 Å². The van der Waals surface area contributed by atoms with E-state index in [0.29, 0.717) is 12.1 Å². The van der Waals surface area contributed by atoms with Gasteiger partial charge in [-0.25, -0.2) is 4.39 Å². The Morgan fingerprint density at radius 1 is 1.37 bits per heavy atom. The Morgan fingerprint density at radius 3 is 2.63 bits per heavy atom. The van der Waals surface area contributed by atoms with E-state index in [1.165, 1.54) is 6.07 Å². The summed E-state index contributed by atoms with van der Waals surface area (Å²) in [6.45, 7) is 8.86. The van der Waals surface area contributed by atoms with Crippen molar-refractivity contribution in [1.82, 2.24) is 5.32 Å². The molecule has 1 atom stereocenters. The Labute approximate surface area is 122 Å². The van der Waals surface area contributed by atoms with Gasteiger partial charge in [0, 0.05) is 22.6 Å². The summed E-state index contributed by atoms with van der Waals surface area (Å²) in [6, 6.07) is 5.24. The number of hydrogen-bond donors (Lipinski definition) is 1. The normalized spacial score (nSPS) is 24.6. The number of rotatable bonds is 3. The molecule has 2 rings (SSSR count). The van der Waals surface area contributed by atoms with Crippen LogP contribution in [0.3, 0.4) is 0 Å². The standard InChI is InChI=1S/C15H21BrFNO/c1-14(2)8-13(15(3,4)19-14)18-9-10-7-11(16)5-6-12(10)17/h5-7,13,18H,8-9H2,1-4H3. The molecule has 1 N–H and O–H groups in total. The van der Waals surface area contributed by atoms with Crippen LogP contribution in [0.15, 0.2) is 22.7 Å². The second-order valence-electron chi connectivity index (χ2n) is 6.34. The largest absolute Gasteiger partial charge is 0.368 e. The third-order valence-corrected chi connectivity index (χ3v) is 4.11. The number of hydrogen-bond acceptors (Lipinski definition) is 2. The summed E-state index contributed by atoms with van der Waals surface area (Å²) in [5.41, 5.74) is 0.318. The van der Waals surface area contributed by atoms with E-state index >= 15 is 0 Å². The maximum atomic E-state index is 13.7. The molecule has 0 spiro atoms. The Morgan fingerprint density at radius 2 is 2.05 bits per heavy atom. The minimum absolute atomic E-state index is 0.128. The summed E-state index contributed by atoms with van der Waals surface area (Å²) < 4.78 is 20.6. The lowest BCUT2D eigenvalue weighted by Gasteiger charge is -2.28. The molecule has 106 valence electrons. The monoisotopic (exact) mass is 329 g/mol. The summed E-state index contributed by atoms with van der Waals surface area (Å²) in [7, 11) is 0. The average Bonchev–Trinajstić information content (AvgIpc) is 2.48. The van der Waals surface area contributed by atoms with Crippen LogP contribution in [0.2, 0.25) is 0 Å². The maximum Gasteiger partial charge on any atom is 0.127 e. The van der Waals surface area contributed by atoms with Crippen molar-refractivity contribution in [3.63, 3.8) is 0 Å². The van der Waals surface area contributed by atoms with Crippen LogP contribution in [0, 0.1) is 5.82 Å². The molecule has 0 aromatic heterocycles. The van der Waals surface area contributed by atoms with Crippen molar-refractivity contribution < 1.29 is 9.13 Å². The second-order valence-corrected chi connectivity index (χ2v) is 7.25. The Hall–Kier alpha value is -0.450. The first-order valence-electron chi connectivity index (χ1n) is 6.57. The number of benzene rings is 1. The van der Waals surface area contributed by atoms with Crippen molar-refractivity contribution in [3.8, 4) is 0 Å². The van der Waals surface area contributed by atoms with Gasteiger partial charge in [0.2, 0.25) is 0 Å². The first kappa shape index (κ1) is 14.9. The lowest BCUT2D eigenvalue weighted by molar-refractivity contribution is -0.0699. The molecule has 2 nitrogen and oxygen atoms in total. The van der Waals surface area contributed by atoms with Gasteiger partial charge in [0.15, 0.2) is 0 Å². The van der Waals surface area contributed by atoms with Gasteiger partial charge < -0.3 is 10.1 Å². The third-order valence-electron chi connectivity index (χ3n) is 3.62. The number of halogens is 2. The van der Waals surface area contributed by atoms with Crippen molar-refractivity contribution in [1.29, 1.82) is 0 Å². The van der Waals surface area contributed by atoms with Gasteiger partial charge in [-0.15, -0.1) is 0 Å². The van der Waals surface area contributed by atoms with Crippen LogP contribution >= 0.6 is 15.9 Å². The van der Waals surface area contributed by atoms with Gasteiger partial charge in [0.05, 0.1) is 11.2 Å². The highest BCUT2D eigenvalue weighted by atomic mass is 79.9. The predicted octanol–water partition coefficient (Wildman–Crippen LogP) is 4.02. The molecule has 1 aromatic carbocycles. The fourth-order valence-corrected chi connectivity index (χ4v) is 3.20. The van der Waals surface area contributed by atoms with Gasteiger partial charge in [0.25, 0.3) is 0 Å². The molecule has 1 unspecified atom stereocenters. The topological polar surface area (TPSA) is 21.3 Å². The molecule has 1 aromatic rings. The second kappa shape index (κ2) is 5.15. The molecule has 0 radical (unpaired) electrons. The fourth-order valence-electron chi connectivity index (χ4n) is 2.79. The molecule has 0 bridgehead atoms. The van der Waals surface area contributed by atoms with E-state index in [4.69, 9.17) is 4.74 Å². The molecular formula is C15H21BrFNO. The quantitative estimate of drug-likeness (QED) is 0.904. The average molecular weight is 330 g/mol. The fraction of sp³-hybridized carbons (Fsp3) is 0.600. The Balaban J connectivity index is 2.05. The summed E-state index contributed by atoms with van der Waals surface area (Å²) in [4.78, 5) is 0. The number of nitrogens with one attached hydrogen (secondary N) is 1. The van der Waals surface area contributed by atoms with E-state index in [2.05, 4.69) is 48.9 Å².